The fourth-order valence-corrected chi connectivity index (χ4v) is 3.99. The molecular formula is C21H30N6O. The summed E-state index contributed by atoms with van der Waals surface area (Å²) in [6.45, 7) is 11.4. The van der Waals surface area contributed by atoms with Crippen molar-refractivity contribution in [3.8, 4) is 11.5 Å². The summed E-state index contributed by atoms with van der Waals surface area (Å²) in [6, 6.07) is 4.43. The van der Waals surface area contributed by atoms with Gasteiger partial charge in [-0.25, -0.2) is 9.98 Å². The molecule has 0 aromatic carbocycles. The highest BCUT2D eigenvalue weighted by Crippen LogP contribution is 2.26. The minimum Gasteiger partial charge on any atom is -0.381 e. The van der Waals surface area contributed by atoms with E-state index >= 15 is 0 Å². The summed E-state index contributed by atoms with van der Waals surface area (Å²) in [5.41, 5.74) is 3.31. The molecule has 3 rings (SSSR count). The fraction of sp³-hybridized carbons (Fsp3) is 0.524. The number of amidine groups is 1. The molecule has 1 fully saturated rings. The predicted octanol–water partition coefficient (Wildman–Crippen LogP) is 3.84. The van der Waals surface area contributed by atoms with Crippen molar-refractivity contribution in [1.82, 2.24) is 25.1 Å². The van der Waals surface area contributed by atoms with Crippen LogP contribution in [0.25, 0.3) is 17.2 Å². The van der Waals surface area contributed by atoms with Crippen molar-refractivity contribution >= 4 is 11.5 Å². The molecule has 0 saturated heterocycles. The van der Waals surface area contributed by atoms with Crippen molar-refractivity contribution < 1.29 is 4.74 Å². The smallest absolute Gasteiger partial charge is 0.179 e. The zero-order valence-corrected chi connectivity index (χ0v) is 17.3. The van der Waals surface area contributed by atoms with Gasteiger partial charge in [0.1, 0.15) is 17.9 Å². The van der Waals surface area contributed by atoms with Crippen molar-refractivity contribution in [1.29, 1.82) is 0 Å². The molecular weight excluding hydrogens is 352 g/mol. The first-order valence-corrected chi connectivity index (χ1v) is 9.91. The highest BCUT2D eigenvalue weighted by atomic mass is 16.5. The topological polar surface area (TPSA) is 79.3 Å². The Morgan fingerprint density at radius 3 is 2.64 bits per heavy atom. The van der Waals surface area contributed by atoms with Gasteiger partial charge in [0.15, 0.2) is 5.82 Å². The molecule has 28 heavy (non-hydrogen) atoms. The maximum atomic E-state index is 5.50. The third-order valence-corrected chi connectivity index (χ3v) is 5.53. The van der Waals surface area contributed by atoms with Gasteiger partial charge >= 0.3 is 0 Å². The number of H-pyrrole nitrogens is 1. The summed E-state index contributed by atoms with van der Waals surface area (Å²) in [4.78, 5) is 14.8. The van der Waals surface area contributed by atoms with Crippen LogP contribution in [-0.4, -0.2) is 56.7 Å². The van der Waals surface area contributed by atoms with Crippen molar-refractivity contribution in [2.75, 3.05) is 13.7 Å². The second-order valence-corrected chi connectivity index (χ2v) is 7.22. The Labute approximate surface area is 167 Å². The molecule has 0 spiro atoms. The van der Waals surface area contributed by atoms with Gasteiger partial charge in [-0.1, -0.05) is 6.58 Å². The summed E-state index contributed by atoms with van der Waals surface area (Å²) in [5, 5.41) is 7.82. The lowest BCUT2D eigenvalue weighted by Crippen LogP contribution is -2.42. The first-order chi connectivity index (χ1) is 13.5. The largest absolute Gasteiger partial charge is 0.381 e. The third-order valence-electron chi connectivity index (χ3n) is 5.53. The monoisotopic (exact) mass is 382 g/mol. The number of nitrogens with one attached hydrogen (secondary N) is 1. The van der Waals surface area contributed by atoms with Crippen LogP contribution in [0.2, 0.25) is 0 Å². The molecule has 150 valence electrons. The van der Waals surface area contributed by atoms with E-state index in [1.54, 1.807) is 6.33 Å². The molecule has 0 amide bonds. The molecule has 0 radical (unpaired) electrons. The van der Waals surface area contributed by atoms with Crippen molar-refractivity contribution in [3.63, 3.8) is 0 Å². The van der Waals surface area contributed by atoms with Crippen LogP contribution in [-0.2, 0) is 4.74 Å². The second kappa shape index (κ2) is 9.10. The summed E-state index contributed by atoms with van der Waals surface area (Å²) < 4.78 is 5.50. The fourth-order valence-electron chi connectivity index (χ4n) is 3.99. The van der Waals surface area contributed by atoms with Gasteiger partial charge in [-0.3, -0.25) is 0 Å². The van der Waals surface area contributed by atoms with Crippen LogP contribution in [0.4, 0.5) is 0 Å². The van der Waals surface area contributed by atoms with Gasteiger partial charge in [-0.05, 0) is 58.6 Å². The Hall–Kier alpha value is -2.54. The van der Waals surface area contributed by atoms with Gasteiger partial charge in [0.2, 0.25) is 0 Å². The van der Waals surface area contributed by atoms with E-state index < -0.39 is 0 Å². The average Bonchev–Trinajstić information content (AvgIpc) is 3.23. The number of pyridine rings is 1. The number of aromatic nitrogens is 4. The van der Waals surface area contributed by atoms with Crippen LogP contribution in [0.3, 0.4) is 0 Å². The number of hydrogen-bond acceptors (Lipinski definition) is 5. The molecule has 2 heterocycles. The summed E-state index contributed by atoms with van der Waals surface area (Å²) in [6.07, 6.45) is 6.44. The Morgan fingerprint density at radius 2 is 2.07 bits per heavy atom. The van der Waals surface area contributed by atoms with E-state index in [4.69, 9.17) is 9.73 Å². The second-order valence-electron chi connectivity index (χ2n) is 7.22. The molecule has 1 aliphatic carbocycles. The van der Waals surface area contributed by atoms with Crippen LogP contribution < -0.4 is 0 Å². The van der Waals surface area contributed by atoms with Crippen molar-refractivity contribution in [2.24, 2.45) is 4.99 Å². The molecule has 0 unspecified atom stereocenters. The number of ether oxygens (including phenoxy) is 1. The van der Waals surface area contributed by atoms with E-state index in [2.05, 4.69) is 45.5 Å². The summed E-state index contributed by atoms with van der Waals surface area (Å²) >= 11 is 0. The Balaban J connectivity index is 1.73. The van der Waals surface area contributed by atoms with Crippen molar-refractivity contribution in [3.05, 3.63) is 36.3 Å². The molecule has 0 atom stereocenters. The minimum absolute atomic E-state index is 0.402. The number of methoxy groups -OCH3 is 1. The highest BCUT2D eigenvalue weighted by molar-refractivity contribution is 5.86. The molecule has 0 aliphatic heterocycles. The van der Waals surface area contributed by atoms with Crippen LogP contribution in [0.5, 0.6) is 0 Å². The van der Waals surface area contributed by atoms with E-state index in [-0.39, 0.29) is 0 Å². The lowest BCUT2D eigenvalue weighted by atomic mass is 9.91. The molecule has 1 saturated carbocycles. The lowest BCUT2D eigenvalue weighted by Gasteiger charge is -2.37. The molecule has 1 aliphatic rings. The highest BCUT2D eigenvalue weighted by Gasteiger charge is 2.25. The van der Waals surface area contributed by atoms with E-state index in [9.17, 15) is 0 Å². The lowest BCUT2D eigenvalue weighted by molar-refractivity contribution is 0.0516. The van der Waals surface area contributed by atoms with Crippen LogP contribution in [0.1, 0.15) is 50.8 Å². The molecule has 2 aromatic heterocycles. The normalized spacial score (nSPS) is 20.2. The molecule has 0 bridgehead atoms. The number of aryl methyl sites for hydroxylation is 1. The summed E-state index contributed by atoms with van der Waals surface area (Å²) in [7, 11) is 1.81. The maximum Gasteiger partial charge on any atom is 0.179 e. The maximum absolute atomic E-state index is 5.50. The zero-order valence-electron chi connectivity index (χ0n) is 17.3. The summed E-state index contributed by atoms with van der Waals surface area (Å²) in [5.74, 6) is 1.66. The predicted molar refractivity (Wildman–Crippen MR) is 112 cm³/mol. The van der Waals surface area contributed by atoms with Gasteiger partial charge in [0.05, 0.1) is 11.8 Å². The van der Waals surface area contributed by atoms with Gasteiger partial charge in [0, 0.05) is 31.0 Å². The Bertz CT molecular complexity index is 821. The van der Waals surface area contributed by atoms with Crippen LogP contribution in [0, 0.1) is 6.92 Å². The Morgan fingerprint density at radius 1 is 1.32 bits per heavy atom. The first kappa shape index (κ1) is 20.2. The van der Waals surface area contributed by atoms with Gasteiger partial charge in [-0.15, -0.1) is 10.2 Å². The Kier molecular flexibility index (Phi) is 6.57. The van der Waals surface area contributed by atoms with Gasteiger partial charge < -0.3 is 14.6 Å². The van der Waals surface area contributed by atoms with Crippen molar-refractivity contribution in [2.45, 2.75) is 58.6 Å². The third kappa shape index (κ3) is 4.47. The molecule has 1 N–H and O–H groups in total. The number of hydrogen-bond donors (Lipinski definition) is 1. The average molecular weight is 383 g/mol. The first-order valence-electron chi connectivity index (χ1n) is 9.91. The number of aromatic amines is 1. The minimum atomic E-state index is 0.402. The SMILES string of the molecule is C=C(/N=C(\C)N(CC)[C@H]1CC[C@@H](OC)CC1)c1ccc(-c2nnc[nH]2)nc1C. The number of nitrogens with zero attached hydrogens (tertiary/aromatic N) is 5. The molecule has 7 heteroatoms. The quantitative estimate of drug-likeness (QED) is 0.606. The number of aliphatic imine (C=N–C) groups is 1. The van der Waals surface area contributed by atoms with Gasteiger partial charge in [-0.2, -0.15) is 0 Å². The zero-order chi connectivity index (χ0) is 20.1. The van der Waals surface area contributed by atoms with E-state index in [0.29, 0.717) is 18.0 Å². The van der Waals surface area contributed by atoms with Gasteiger partial charge in [0.25, 0.3) is 0 Å². The van der Waals surface area contributed by atoms with E-state index in [1.165, 1.54) is 0 Å². The van der Waals surface area contributed by atoms with E-state index in [1.807, 2.05) is 26.2 Å². The van der Waals surface area contributed by atoms with Crippen LogP contribution in [0.15, 0.2) is 30.0 Å². The molecule has 2 aromatic rings. The van der Waals surface area contributed by atoms with E-state index in [0.717, 1.165) is 60.7 Å². The molecule has 7 nitrogen and oxygen atoms in total. The van der Waals surface area contributed by atoms with Crippen LogP contribution >= 0.6 is 0 Å². The number of rotatable bonds is 6. The standard InChI is InChI=1S/C21H30N6O/c1-6-27(17-7-9-18(28-5)10-8-17)16(4)24-14(2)19-11-12-20(25-15(19)3)21-22-13-23-26-21/h11-13,17-18H,2,6-10H2,1,3-5H3,(H,22,23,26)/b24-16+/t17-,18+.